The summed E-state index contributed by atoms with van der Waals surface area (Å²) in [5, 5.41) is 17.1. The maximum Gasteiger partial charge on any atom is 0.294 e. The molecule has 0 bridgehead atoms. The molecule has 0 radical (unpaired) electrons. The van der Waals surface area contributed by atoms with E-state index in [1.54, 1.807) is 0 Å². The molecular formula is C14H20Cl2N4O3. The van der Waals surface area contributed by atoms with Crippen LogP contribution in [0.5, 0.6) is 0 Å². The number of carbonyl (C=O) groups excluding carboxylic acids is 1. The van der Waals surface area contributed by atoms with Gasteiger partial charge in [-0.1, -0.05) is 11.6 Å². The van der Waals surface area contributed by atoms with Crippen LogP contribution in [0.1, 0.15) is 12.8 Å². The lowest BCUT2D eigenvalue weighted by Gasteiger charge is -2.31. The molecule has 1 unspecified atom stereocenters. The molecule has 1 heterocycles. The standard InChI is InChI=1S/C14H19ClN4O3.ClH/c1-16-11-3-2-6-18(8-11)9-14(20)17-12-5-4-10(15)7-13(12)19(21)22;/h4-5,7,11,16H,2-3,6,8-9H2,1H3,(H,17,20);1H. The van der Waals surface area contributed by atoms with Crippen molar-refractivity contribution in [3.63, 3.8) is 0 Å². The summed E-state index contributed by atoms with van der Waals surface area (Å²) in [6, 6.07) is 4.58. The highest BCUT2D eigenvalue weighted by atomic mass is 35.5. The van der Waals surface area contributed by atoms with Gasteiger partial charge in [-0.2, -0.15) is 0 Å². The first kappa shape index (κ1) is 19.6. The summed E-state index contributed by atoms with van der Waals surface area (Å²) < 4.78 is 0. The van der Waals surface area contributed by atoms with Crippen LogP contribution < -0.4 is 10.6 Å². The number of halogens is 2. The number of nitrogens with one attached hydrogen (secondary N) is 2. The smallest absolute Gasteiger partial charge is 0.294 e. The predicted octanol–water partition coefficient (Wildman–Crippen LogP) is 2.29. The van der Waals surface area contributed by atoms with Gasteiger partial charge in [-0.25, -0.2) is 0 Å². The molecule has 1 amide bonds. The van der Waals surface area contributed by atoms with Crippen molar-refractivity contribution >= 4 is 41.3 Å². The van der Waals surface area contributed by atoms with E-state index in [-0.39, 0.29) is 41.3 Å². The number of nitro benzene ring substituents is 1. The molecule has 1 atom stereocenters. The van der Waals surface area contributed by atoms with Crippen molar-refractivity contribution < 1.29 is 9.72 Å². The van der Waals surface area contributed by atoms with Gasteiger partial charge in [-0.15, -0.1) is 12.4 Å². The number of likely N-dealkylation sites (N-methyl/N-ethyl adjacent to an activating group) is 1. The quantitative estimate of drug-likeness (QED) is 0.619. The normalized spacial score (nSPS) is 18.1. The van der Waals surface area contributed by atoms with E-state index in [0.29, 0.717) is 6.04 Å². The van der Waals surface area contributed by atoms with Gasteiger partial charge in [-0.3, -0.25) is 19.8 Å². The van der Waals surface area contributed by atoms with Crippen molar-refractivity contribution in [2.24, 2.45) is 0 Å². The van der Waals surface area contributed by atoms with E-state index < -0.39 is 4.92 Å². The average Bonchev–Trinajstić information content (AvgIpc) is 2.49. The number of hydrogen-bond donors (Lipinski definition) is 2. The topological polar surface area (TPSA) is 87.5 Å². The number of anilines is 1. The van der Waals surface area contributed by atoms with E-state index in [1.165, 1.54) is 18.2 Å². The molecular weight excluding hydrogens is 343 g/mol. The maximum atomic E-state index is 12.1. The van der Waals surface area contributed by atoms with Crippen molar-refractivity contribution in [1.82, 2.24) is 10.2 Å². The van der Waals surface area contributed by atoms with E-state index in [2.05, 4.69) is 10.6 Å². The Hall–Kier alpha value is -1.41. The molecule has 2 rings (SSSR count). The Balaban J connectivity index is 0.00000264. The fourth-order valence-electron chi connectivity index (χ4n) is 2.59. The van der Waals surface area contributed by atoms with Crippen LogP contribution in [0.4, 0.5) is 11.4 Å². The minimum absolute atomic E-state index is 0. The van der Waals surface area contributed by atoms with E-state index in [0.717, 1.165) is 25.9 Å². The van der Waals surface area contributed by atoms with E-state index in [1.807, 2.05) is 11.9 Å². The number of rotatable bonds is 5. The highest BCUT2D eigenvalue weighted by molar-refractivity contribution is 6.31. The second kappa shape index (κ2) is 9.02. The maximum absolute atomic E-state index is 12.1. The van der Waals surface area contributed by atoms with Gasteiger partial charge in [-0.05, 0) is 38.6 Å². The first-order chi connectivity index (χ1) is 10.5. The molecule has 0 saturated carbocycles. The summed E-state index contributed by atoms with van der Waals surface area (Å²) >= 11 is 5.75. The Morgan fingerprint density at radius 2 is 2.26 bits per heavy atom. The Labute approximate surface area is 145 Å². The first-order valence-corrected chi connectivity index (χ1v) is 7.51. The van der Waals surface area contributed by atoms with Crippen LogP contribution in [0.25, 0.3) is 0 Å². The molecule has 1 aromatic carbocycles. The lowest BCUT2D eigenvalue weighted by Crippen LogP contribution is -2.46. The zero-order chi connectivity index (χ0) is 16.1. The minimum Gasteiger partial charge on any atom is -0.319 e. The Bertz CT molecular complexity index is 571. The second-order valence-electron chi connectivity index (χ2n) is 5.33. The molecule has 0 spiro atoms. The summed E-state index contributed by atoms with van der Waals surface area (Å²) in [4.78, 5) is 24.6. The van der Waals surface area contributed by atoms with Crippen LogP contribution in [-0.4, -0.2) is 48.5 Å². The number of benzene rings is 1. The van der Waals surface area contributed by atoms with Crippen LogP contribution >= 0.6 is 24.0 Å². The van der Waals surface area contributed by atoms with E-state index >= 15 is 0 Å². The summed E-state index contributed by atoms with van der Waals surface area (Å²) in [6.45, 7) is 1.87. The molecule has 9 heteroatoms. The van der Waals surface area contributed by atoms with Gasteiger partial charge in [0.15, 0.2) is 0 Å². The molecule has 1 fully saturated rings. The first-order valence-electron chi connectivity index (χ1n) is 7.13. The number of likely N-dealkylation sites (tertiary alicyclic amines) is 1. The fraction of sp³-hybridized carbons (Fsp3) is 0.500. The van der Waals surface area contributed by atoms with Crippen molar-refractivity contribution in [2.75, 3.05) is 32.0 Å². The zero-order valence-corrected chi connectivity index (χ0v) is 14.3. The molecule has 0 aliphatic carbocycles. The number of amides is 1. The minimum atomic E-state index is -0.556. The summed E-state index contributed by atoms with van der Waals surface area (Å²) in [6.07, 6.45) is 2.12. The van der Waals surface area contributed by atoms with Crippen molar-refractivity contribution in [1.29, 1.82) is 0 Å². The van der Waals surface area contributed by atoms with Crippen LogP contribution in [0.3, 0.4) is 0 Å². The Kier molecular flexibility index (Phi) is 7.70. The molecule has 1 aliphatic rings. The number of nitro groups is 1. The van der Waals surface area contributed by atoms with Gasteiger partial charge >= 0.3 is 0 Å². The fourth-order valence-corrected chi connectivity index (χ4v) is 2.76. The van der Waals surface area contributed by atoms with Gasteiger partial charge < -0.3 is 10.6 Å². The molecule has 23 heavy (non-hydrogen) atoms. The van der Waals surface area contributed by atoms with Crippen LogP contribution in [0.15, 0.2) is 18.2 Å². The lowest BCUT2D eigenvalue weighted by molar-refractivity contribution is -0.383. The average molecular weight is 363 g/mol. The van der Waals surface area contributed by atoms with Gasteiger partial charge in [0.1, 0.15) is 5.69 Å². The molecule has 0 aromatic heterocycles. The third-order valence-corrected chi connectivity index (χ3v) is 3.95. The Morgan fingerprint density at radius 3 is 2.91 bits per heavy atom. The van der Waals surface area contributed by atoms with Crippen molar-refractivity contribution in [3.8, 4) is 0 Å². The largest absolute Gasteiger partial charge is 0.319 e. The van der Waals surface area contributed by atoms with Gasteiger partial charge in [0.25, 0.3) is 5.69 Å². The predicted molar refractivity (Wildman–Crippen MR) is 92.5 cm³/mol. The number of nitrogens with zero attached hydrogens (tertiary/aromatic N) is 2. The Morgan fingerprint density at radius 1 is 1.52 bits per heavy atom. The monoisotopic (exact) mass is 362 g/mol. The molecule has 1 saturated heterocycles. The highest BCUT2D eigenvalue weighted by Crippen LogP contribution is 2.27. The highest BCUT2D eigenvalue weighted by Gasteiger charge is 2.22. The third-order valence-electron chi connectivity index (χ3n) is 3.71. The summed E-state index contributed by atoms with van der Waals surface area (Å²) in [5.41, 5.74) is -0.0332. The summed E-state index contributed by atoms with van der Waals surface area (Å²) in [5.74, 6) is -0.262. The van der Waals surface area contributed by atoms with E-state index in [9.17, 15) is 14.9 Å². The van der Waals surface area contributed by atoms with Crippen LogP contribution in [0, 0.1) is 10.1 Å². The van der Waals surface area contributed by atoms with Crippen molar-refractivity contribution in [2.45, 2.75) is 18.9 Å². The summed E-state index contributed by atoms with van der Waals surface area (Å²) in [7, 11) is 1.91. The van der Waals surface area contributed by atoms with E-state index in [4.69, 9.17) is 11.6 Å². The number of carbonyl (C=O) groups is 1. The zero-order valence-electron chi connectivity index (χ0n) is 12.8. The van der Waals surface area contributed by atoms with Gasteiger partial charge in [0, 0.05) is 23.7 Å². The molecule has 1 aliphatic heterocycles. The third kappa shape index (κ3) is 5.62. The van der Waals surface area contributed by atoms with Gasteiger partial charge in [0.2, 0.25) is 5.91 Å². The molecule has 128 valence electrons. The van der Waals surface area contributed by atoms with Crippen molar-refractivity contribution in [3.05, 3.63) is 33.3 Å². The number of hydrogen-bond acceptors (Lipinski definition) is 5. The SMILES string of the molecule is CNC1CCCN(CC(=O)Nc2ccc(Cl)cc2[N+](=O)[O-])C1.Cl. The van der Waals surface area contributed by atoms with Crippen LogP contribution in [-0.2, 0) is 4.79 Å². The van der Waals surface area contributed by atoms with Crippen LogP contribution in [0.2, 0.25) is 5.02 Å². The van der Waals surface area contributed by atoms with Gasteiger partial charge in [0.05, 0.1) is 11.5 Å². The number of piperidine rings is 1. The second-order valence-corrected chi connectivity index (χ2v) is 5.77. The molecule has 7 nitrogen and oxygen atoms in total. The lowest BCUT2D eigenvalue weighted by atomic mass is 10.1. The molecule has 1 aromatic rings. The molecule has 2 N–H and O–H groups in total.